The molecule has 1 aliphatic heterocycles. The number of carbonyl (C=O) groups is 1. The molecule has 0 spiro atoms. The number of carbonyl (C=O) groups excluding carboxylic acids is 1. The molecular formula is C21H16N2OS. The van der Waals surface area contributed by atoms with Gasteiger partial charge in [0, 0.05) is 29.5 Å². The summed E-state index contributed by atoms with van der Waals surface area (Å²) in [5.41, 5.74) is 3.86. The summed E-state index contributed by atoms with van der Waals surface area (Å²) in [5, 5.41) is 2.18. The molecule has 0 saturated heterocycles. The van der Waals surface area contributed by atoms with Crippen molar-refractivity contribution in [3.05, 3.63) is 76.3 Å². The first kappa shape index (κ1) is 14.7. The Balaban J connectivity index is 1.66. The summed E-state index contributed by atoms with van der Waals surface area (Å²) in [6.45, 7) is 2.91. The summed E-state index contributed by atoms with van der Waals surface area (Å²) in [6.07, 6.45) is 0.710. The molecule has 4 heteroatoms. The van der Waals surface area contributed by atoms with E-state index in [9.17, 15) is 4.79 Å². The number of hydrogen-bond donors (Lipinski definition) is 0. The molecular weight excluding hydrogens is 328 g/mol. The quantitative estimate of drug-likeness (QED) is 0.593. The first-order chi connectivity index (χ1) is 12.3. The normalized spacial score (nSPS) is 18.8. The number of thioether (sulfide) groups is 1. The van der Waals surface area contributed by atoms with Crippen LogP contribution < -0.4 is 4.90 Å². The molecule has 2 heterocycles. The molecule has 0 atom stereocenters. The van der Waals surface area contributed by atoms with Crippen LogP contribution in [0, 0.1) is 0 Å². The van der Waals surface area contributed by atoms with Crippen molar-refractivity contribution in [1.29, 1.82) is 0 Å². The zero-order valence-corrected chi connectivity index (χ0v) is 14.6. The molecule has 5 rings (SSSR count). The topological polar surface area (TPSA) is 33.2 Å². The highest BCUT2D eigenvalue weighted by atomic mass is 32.2. The molecule has 3 nitrogen and oxygen atoms in total. The lowest BCUT2D eigenvalue weighted by molar-refractivity contribution is 0.103. The predicted octanol–water partition coefficient (Wildman–Crippen LogP) is 4.82. The van der Waals surface area contributed by atoms with Crippen LogP contribution in [0.15, 0.2) is 70.1 Å². The van der Waals surface area contributed by atoms with Crippen LogP contribution in [0.3, 0.4) is 0 Å². The Morgan fingerprint density at radius 2 is 1.92 bits per heavy atom. The highest BCUT2D eigenvalue weighted by Gasteiger charge is 2.34. The number of rotatable bonds is 1. The number of fused-ring (bicyclic) bond motifs is 3. The van der Waals surface area contributed by atoms with Gasteiger partial charge < -0.3 is 4.90 Å². The smallest absolute Gasteiger partial charge is 0.192 e. The second-order valence-electron chi connectivity index (χ2n) is 6.30. The lowest BCUT2D eigenvalue weighted by Gasteiger charge is -2.18. The number of allylic oxidation sites excluding steroid dienone is 1. The van der Waals surface area contributed by atoms with E-state index in [2.05, 4.69) is 30.0 Å². The Bertz CT molecular complexity index is 1070. The molecule has 1 aliphatic carbocycles. The molecule has 0 fully saturated rings. The minimum Gasteiger partial charge on any atom is -0.320 e. The Kier molecular flexibility index (Phi) is 3.22. The van der Waals surface area contributed by atoms with E-state index in [0.717, 1.165) is 49.9 Å². The van der Waals surface area contributed by atoms with E-state index < -0.39 is 0 Å². The molecule has 1 aromatic heterocycles. The largest absolute Gasteiger partial charge is 0.320 e. The molecule has 0 N–H and O–H groups in total. The maximum atomic E-state index is 12.9. The zero-order chi connectivity index (χ0) is 17.0. The van der Waals surface area contributed by atoms with Gasteiger partial charge in [0.1, 0.15) is 5.82 Å². The lowest BCUT2D eigenvalue weighted by atomic mass is 10.1. The van der Waals surface area contributed by atoms with Gasteiger partial charge in [0.2, 0.25) is 0 Å². The number of Topliss-reactive ketones (excluding diaryl/α,β-unsaturated/α-hetero) is 1. The molecule has 0 saturated carbocycles. The average molecular weight is 344 g/mol. The fraction of sp³-hybridized carbons (Fsp3) is 0.143. The van der Waals surface area contributed by atoms with Crippen molar-refractivity contribution in [1.82, 2.24) is 4.98 Å². The van der Waals surface area contributed by atoms with Crippen molar-refractivity contribution >= 4 is 34.3 Å². The van der Waals surface area contributed by atoms with Crippen LogP contribution in [0.2, 0.25) is 0 Å². The van der Waals surface area contributed by atoms with Crippen molar-refractivity contribution in [3.63, 3.8) is 0 Å². The van der Waals surface area contributed by atoms with Crippen molar-refractivity contribution in [2.24, 2.45) is 0 Å². The van der Waals surface area contributed by atoms with Crippen LogP contribution >= 0.6 is 11.8 Å². The van der Waals surface area contributed by atoms with Crippen LogP contribution in [-0.4, -0.2) is 17.3 Å². The minimum absolute atomic E-state index is 0.161. The average Bonchev–Trinajstić information content (AvgIpc) is 3.17. The Hall–Kier alpha value is -2.59. The molecule has 3 aromatic rings. The molecule has 0 bridgehead atoms. The van der Waals surface area contributed by atoms with E-state index in [-0.39, 0.29) is 5.78 Å². The third-order valence-electron chi connectivity index (χ3n) is 4.86. The van der Waals surface area contributed by atoms with Gasteiger partial charge >= 0.3 is 0 Å². The van der Waals surface area contributed by atoms with Crippen molar-refractivity contribution < 1.29 is 4.79 Å². The van der Waals surface area contributed by atoms with Crippen LogP contribution in [0.25, 0.3) is 10.9 Å². The van der Waals surface area contributed by atoms with E-state index in [4.69, 9.17) is 4.98 Å². The first-order valence-corrected chi connectivity index (χ1v) is 9.29. The maximum absolute atomic E-state index is 12.9. The molecule has 122 valence electrons. The maximum Gasteiger partial charge on any atom is 0.192 e. The SMILES string of the molecule is CCN1C(=C2Cc3ccccc3C2=O)Sc2cc3ccccc3nc21. The van der Waals surface area contributed by atoms with Gasteiger partial charge in [-0.2, -0.15) is 0 Å². The molecule has 25 heavy (non-hydrogen) atoms. The summed E-state index contributed by atoms with van der Waals surface area (Å²) in [7, 11) is 0. The van der Waals surface area contributed by atoms with E-state index in [0.29, 0.717) is 6.42 Å². The number of ketones is 1. The number of para-hydroxylation sites is 1. The number of benzene rings is 2. The Morgan fingerprint density at radius 1 is 1.12 bits per heavy atom. The first-order valence-electron chi connectivity index (χ1n) is 8.47. The highest BCUT2D eigenvalue weighted by Crippen LogP contribution is 2.48. The Morgan fingerprint density at radius 3 is 2.76 bits per heavy atom. The third-order valence-corrected chi connectivity index (χ3v) is 6.04. The van der Waals surface area contributed by atoms with Gasteiger partial charge in [0.15, 0.2) is 5.78 Å². The lowest BCUT2D eigenvalue weighted by Crippen LogP contribution is -2.20. The van der Waals surface area contributed by atoms with Gasteiger partial charge in [-0.15, -0.1) is 0 Å². The number of anilines is 1. The summed E-state index contributed by atoms with van der Waals surface area (Å²) < 4.78 is 0. The zero-order valence-electron chi connectivity index (χ0n) is 13.8. The fourth-order valence-corrected chi connectivity index (χ4v) is 4.89. The summed E-state index contributed by atoms with van der Waals surface area (Å²) >= 11 is 1.68. The molecule has 0 amide bonds. The van der Waals surface area contributed by atoms with E-state index in [1.54, 1.807) is 11.8 Å². The third kappa shape index (κ3) is 2.14. The molecule has 0 unspecified atom stereocenters. The van der Waals surface area contributed by atoms with E-state index in [1.807, 2.05) is 36.4 Å². The molecule has 0 radical (unpaired) electrons. The second kappa shape index (κ2) is 5.46. The van der Waals surface area contributed by atoms with E-state index >= 15 is 0 Å². The van der Waals surface area contributed by atoms with Crippen LogP contribution in [0.5, 0.6) is 0 Å². The van der Waals surface area contributed by atoms with Crippen molar-refractivity contribution in [2.75, 3.05) is 11.4 Å². The van der Waals surface area contributed by atoms with Crippen molar-refractivity contribution in [3.8, 4) is 0 Å². The molecule has 2 aromatic carbocycles. The van der Waals surface area contributed by atoms with Gasteiger partial charge in [-0.25, -0.2) is 4.98 Å². The number of aromatic nitrogens is 1. The fourth-order valence-electron chi connectivity index (χ4n) is 3.63. The van der Waals surface area contributed by atoms with Crippen LogP contribution in [-0.2, 0) is 6.42 Å². The van der Waals surface area contributed by atoms with E-state index in [1.165, 1.54) is 0 Å². The van der Waals surface area contributed by atoms with Crippen molar-refractivity contribution in [2.45, 2.75) is 18.2 Å². The van der Waals surface area contributed by atoms with Crippen LogP contribution in [0.1, 0.15) is 22.8 Å². The standard InChI is InChI=1S/C21H16N2OS/c1-2-23-20-18(12-14-8-4-6-10-17(14)22-20)25-21(23)16-11-13-7-3-5-9-15(13)19(16)24/h3-10,12H,2,11H2,1H3. The van der Waals surface area contributed by atoms with Crippen LogP contribution in [0.4, 0.5) is 5.82 Å². The second-order valence-corrected chi connectivity index (χ2v) is 7.33. The van der Waals surface area contributed by atoms with Gasteiger partial charge in [0.05, 0.1) is 15.4 Å². The van der Waals surface area contributed by atoms with Gasteiger partial charge in [0.25, 0.3) is 0 Å². The summed E-state index contributed by atoms with van der Waals surface area (Å²) in [5.74, 6) is 1.13. The number of pyridine rings is 1. The monoisotopic (exact) mass is 344 g/mol. The molecule has 2 aliphatic rings. The van der Waals surface area contributed by atoms with Gasteiger partial charge in [-0.3, -0.25) is 4.79 Å². The number of hydrogen-bond acceptors (Lipinski definition) is 4. The highest BCUT2D eigenvalue weighted by molar-refractivity contribution is 8.03. The Labute approximate surface area is 150 Å². The van der Waals surface area contributed by atoms with Gasteiger partial charge in [-0.05, 0) is 24.6 Å². The number of nitrogens with zero attached hydrogens (tertiary/aromatic N) is 2. The summed E-state index contributed by atoms with van der Waals surface area (Å²) in [4.78, 5) is 21.1. The predicted molar refractivity (Wildman–Crippen MR) is 102 cm³/mol. The minimum atomic E-state index is 0.161. The summed E-state index contributed by atoms with van der Waals surface area (Å²) in [6, 6.07) is 18.3. The van der Waals surface area contributed by atoms with Gasteiger partial charge in [-0.1, -0.05) is 54.2 Å².